The minimum Gasteiger partial charge on any atom is -0.386 e. The Bertz CT molecular complexity index is 3910. The third-order valence-corrected chi connectivity index (χ3v) is 16.0. The molecule has 85 heavy (non-hydrogen) atoms. The van der Waals surface area contributed by atoms with Gasteiger partial charge in [0, 0.05) is 29.7 Å². The molecule has 0 spiro atoms. The molecular weight excluding hydrogens is 1140 g/mol. The molecule has 0 aliphatic heterocycles. The van der Waals surface area contributed by atoms with Gasteiger partial charge in [0.1, 0.15) is 40.2 Å². The van der Waals surface area contributed by atoms with Gasteiger partial charge in [0.25, 0.3) is 11.1 Å². The molecule has 3 atom stereocenters. The highest BCUT2D eigenvalue weighted by Crippen LogP contribution is 2.32. The Balaban J connectivity index is 0.000000177. The van der Waals surface area contributed by atoms with Crippen LogP contribution in [0.2, 0.25) is 0 Å². The number of thiazole rings is 3. The van der Waals surface area contributed by atoms with E-state index in [-0.39, 0.29) is 47.1 Å². The molecule has 0 fully saturated rings. The van der Waals surface area contributed by atoms with Crippen LogP contribution < -0.4 is 11.1 Å². The number of fused-ring (bicyclic) bond motifs is 2. The second kappa shape index (κ2) is 30.3. The monoisotopic (exact) mass is 1200 g/mol. The van der Waals surface area contributed by atoms with Crippen molar-refractivity contribution in [1.29, 1.82) is 0 Å². The smallest absolute Gasteiger partial charge is 0.294 e. The first kappa shape index (κ1) is 64.0. The lowest BCUT2D eigenvalue weighted by atomic mass is 10.0. The molecule has 0 bridgehead atoms. The SMILES string of the molecule is CC.CC.Cc1nc(C=O)c(/C(=N\N(C)C(C)c2ccccc2)c2ccc(F)cc2)s1.Cc1nc2c(=O)n(CC(C)c3ccccc3)nc(-c3ccc(F)cc3)c2s1.Cc1nc2c(=O)n(CC(O)c3ccccc3)nc(-c3ccc(F)cc3)c2s1. The van der Waals surface area contributed by atoms with Crippen LogP contribution >= 0.6 is 34.0 Å². The number of carbonyl (C=O) groups excluding carboxylic acids is 1. The number of aromatic nitrogens is 7. The summed E-state index contributed by atoms with van der Waals surface area (Å²) in [6, 6.07) is 47.4. The summed E-state index contributed by atoms with van der Waals surface area (Å²) in [6.07, 6.45) is -0.145. The van der Waals surface area contributed by atoms with E-state index in [1.165, 1.54) is 79.8 Å². The highest BCUT2D eigenvalue weighted by atomic mass is 32.1. The maximum Gasteiger partial charge on any atom is 0.294 e. The molecule has 0 aliphatic rings. The van der Waals surface area contributed by atoms with Crippen molar-refractivity contribution < 1.29 is 23.1 Å². The Kier molecular flexibility index (Phi) is 22.8. The number of benzene rings is 6. The van der Waals surface area contributed by atoms with Gasteiger partial charge in [-0.25, -0.2) is 37.5 Å². The molecule has 11 aromatic rings. The van der Waals surface area contributed by atoms with E-state index in [0.29, 0.717) is 61.1 Å². The number of aliphatic hydroxyl groups is 1. The van der Waals surface area contributed by atoms with Gasteiger partial charge in [0.2, 0.25) is 0 Å². The average Bonchev–Trinajstić information content (AvgIpc) is 2.73. The van der Waals surface area contributed by atoms with Crippen molar-refractivity contribution in [1.82, 2.24) is 39.5 Å². The number of carbonyl (C=O) groups is 1. The lowest BCUT2D eigenvalue weighted by molar-refractivity contribution is 0.111. The molecule has 0 radical (unpaired) electrons. The molecule has 1 N–H and O–H groups in total. The van der Waals surface area contributed by atoms with Crippen molar-refractivity contribution in [3.05, 3.63) is 250 Å². The Morgan fingerprint density at radius 3 is 1.41 bits per heavy atom. The number of hydrogen-bond acceptors (Lipinski definition) is 14. The van der Waals surface area contributed by atoms with Crippen LogP contribution in [-0.2, 0) is 13.1 Å². The van der Waals surface area contributed by atoms with Gasteiger partial charge in [0.05, 0.1) is 54.5 Å². The van der Waals surface area contributed by atoms with Gasteiger partial charge in [-0.1, -0.05) is 126 Å². The van der Waals surface area contributed by atoms with Gasteiger partial charge >= 0.3 is 0 Å². The second-order valence-corrected chi connectivity index (χ2v) is 22.5. The molecule has 6 aromatic carbocycles. The second-order valence-electron chi connectivity index (χ2n) is 18.9. The molecule has 0 saturated heterocycles. The Hall–Kier alpha value is -8.62. The molecule has 5 aromatic heterocycles. The lowest BCUT2D eigenvalue weighted by Crippen LogP contribution is -2.26. The maximum atomic E-state index is 13.4. The van der Waals surface area contributed by atoms with Gasteiger partial charge in [-0.2, -0.15) is 15.3 Å². The summed E-state index contributed by atoms with van der Waals surface area (Å²) in [4.78, 5) is 51.0. The van der Waals surface area contributed by atoms with Gasteiger partial charge in [-0.05, 0) is 117 Å². The first-order valence-corrected chi connectivity index (χ1v) is 30.1. The van der Waals surface area contributed by atoms with E-state index in [4.69, 9.17) is 5.10 Å². The number of rotatable bonds is 14. The van der Waals surface area contributed by atoms with Crippen molar-refractivity contribution >= 4 is 66.4 Å². The molecule has 0 aliphatic carbocycles. The van der Waals surface area contributed by atoms with Crippen molar-refractivity contribution in [3.63, 3.8) is 0 Å². The van der Waals surface area contributed by atoms with Gasteiger partial charge in [0.15, 0.2) is 17.3 Å². The van der Waals surface area contributed by atoms with Gasteiger partial charge < -0.3 is 5.11 Å². The third-order valence-electron chi connectivity index (χ3n) is 13.1. The molecule has 438 valence electrons. The number of nitrogens with zero attached hydrogens (tertiary/aromatic N) is 9. The third kappa shape index (κ3) is 16.0. The van der Waals surface area contributed by atoms with Crippen molar-refractivity contribution in [3.8, 4) is 22.5 Å². The van der Waals surface area contributed by atoms with Crippen molar-refractivity contribution in [2.45, 2.75) is 93.5 Å². The molecule has 3 unspecified atom stereocenters. The van der Waals surface area contributed by atoms with Gasteiger partial charge in [-0.15, -0.1) is 34.0 Å². The summed E-state index contributed by atoms with van der Waals surface area (Å²) in [5.41, 5.74) is 7.51. The lowest BCUT2D eigenvalue weighted by Gasteiger charge is -2.23. The minimum absolute atomic E-state index is 0.00353. The summed E-state index contributed by atoms with van der Waals surface area (Å²) < 4.78 is 44.2. The molecule has 5 heterocycles. The predicted octanol–water partition coefficient (Wildman–Crippen LogP) is 15.4. The zero-order chi connectivity index (χ0) is 61.3. The highest BCUT2D eigenvalue weighted by Gasteiger charge is 2.22. The largest absolute Gasteiger partial charge is 0.386 e. The van der Waals surface area contributed by atoms with Crippen molar-refractivity contribution in [2.75, 3.05) is 7.05 Å². The van der Waals surface area contributed by atoms with Crippen LogP contribution in [0.3, 0.4) is 0 Å². The minimum atomic E-state index is -0.880. The molecule has 0 amide bonds. The maximum absolute atomic E-state index is 13.4. The molecule has 13 nitrogen and oxygen atoms in total. The zero-order valence-electron chi connectivity index (χ0n) is 48.9. The Labute approximate surface area is 504 Å². The van der Waals surface area contributed by atoms with Crippen LogP contribution in [0.25, 0.3) is 42.9 Å². The van der Waals surface area contributed by atoms with E-state index in [1.54, 1.807) is 48.5 Å². The number of aldehydes is 1. The standard InChI is InChI=1S/C21H18FN3OS.C21H20FN3OS.C20H16FN3O2S.2C2H6/c1-13(15-6-4-3-5-7-15)12-25-21(26)19-20(27-14(2)23-19)18(24-25)16-8-10-17(22)11-9-16;1-14(16-7-5-4-6-8-16)25(3)24-20(17-9-11-18(22)12-10-17)21-19(13-26)23-15(2)27-21;1-12-22-18-19(27-12)17(14-7-9-15(21)10-8-14)23-24(20(18)26)11-16(25)13-5-3-2-4-6-13;2*1-2/h3-11,13H,12H2,1-2H3;4-14H,1-3H3;2-10,16,25H,11H2,1H3;2*1-2H3/b;24-20-;;;. The highest BCUT2D eigenvalue weighted by molar-refractivity contribution is 7.19. The number of aryl methyl sites for hydroxylation is 3. The average molecular weight is 1200 g/mol. The Morgan fingerprint density at radius 2 is 0.965 bits per heavy atom. The van der Waals surface area contributed by atoms with E-state index < -0.39 is 6.10 Å². The van der Waals surface area contributed by atoms with E-state index in [2.05, 4.69) is 39.0 Å². The first-order chi connectivity index (χ1) is 41.0. The van der Waals surface area contributed by atoms with E-state index in [9.17, 15) is 32.7 Å². The number of hydrogen-bond donors (Lipinski definition) is 1. The molecule has 0 saturated carbocycles. The quantitative estimate of drug-likeness (QED) is 0.0630. The summed E-state index contributed by atoms with van der Waals surface area (Å²) in [7, 11) is 1.88. The van der Waals surface area contributed by atoms with Crippen LogP contribution in [0.15, 0.2) is 178 Å². The fourth-order valence-electron chi connectivity index (χ4n) is 8.79. The number of halogens is 3. The van der Waals surface area contributed by atoms with Gasteiger partial charge in [-0.3, -0.25) is 19.4 Å². The molecular formula is C66H66F3N9O4S3. The van der Waals surface area contributed by atoms with E-state index in [1.807, 2.05) is 139 Å². The summed E-state index contributed by atoms with van der Waals surface area (Å²) >= 11 is 4.21. The number of hydrazone groups is 1. The summed E-state index contributed by atoms with van der Waals surface area (Å²) in [5, 5.41) is 28.6. The van der Waals surface area contributed by atoms with Crippen LogP contribution in [-0.4, -0.2) is 63.7 Å². The normalized spacial score (nSPS) is 12.0. The van der Waals surface area contributed by atoms with Crippen molar-refractivity contribution in [2.24, 2.45) is 5.10 Å². The summed E-state index contributed by atoms with van der Waals surface area (Å²) in [5.74, 6) is -0.848. The van der Waals surface area contributed by atoms with Crippen LogP contribution in [0.5, 0.6) is 0 Å². The predicted molar refractivity (Wildman–Crippen MR) is 339 cm³/mol. The fraction of sp³-hybridized carbons (Fsp3) is 0.227. The Morgan fingerprint density at radius 1 is 0.565 bits per heavy atom. The molecule has 19 heteroatoms. The van der Waals surface area contributed by atoms with Crippen LogP contribution in [0.1, 0.15) is 112 Å². The van der Waals surface area contributed by atoms with E-state index >= 15 is 0 Å². The fourth-order valence-corrected chi connectivity index (χ4v) is 11.5. The summed E-state index contributed by atoms with van der Waals surface area (Å²) in [6.45, 7) is 18.1. The van der Waals surface area contributed by atoms with Crippen LogP contribution in [0.4, 0.5) is 13.2 Å². The number of aliphatic hydroxyl groups excluding tert-OH is 1. The first-order valence-electron chi connectivity index (χ1n) is 27.7. The van der Waals surface area contributed by atoms with Crippen LogP contribution in [0, 0.1) is 38.2 Å². The topological polar surface area (TPSA) is 161 Å². The molecule has 11 rings (SSSR count). The zero-order valence-corrected chi connectivity index (χ0v) is 51.3. The van der Waals surface area contributed by atoms with E-state index in [0.717, 1.165) is 48.3 Å².